The predicted molar refractivity (Wildman–Crippen MR) is 106 cm³/mol. The molecular formula is C21H24N2O6. The summed E-state index contributed by atoms with van der Waals surface area (Å²) in [4.78, 5) is 35.8. The van der Waals surface area contributed by atoms with Crippen LogP contribution >= 0.6 is 0 Å². The molecule has 0 atom stereocenters. The highest BCUT2D eigenvalue weighted by Gasteiger charge is 2.13. The van der Waals surface area contributed by atoms with Crippen LogP contribution in [0.15, 0.2) is 48.5 Å². The van der Waals surface area contributed by atoms with Gasteiger partial charge in [0.2, 0.25) is 0 Å². The molecule has 29 heavy (non-hydrogen) atoms. The highest BCUT2D eigenvalue weighted by molar-refractivity contribution is 5.97. The van der Waals surface area contributed by atoms with Gasteiger partial charge in [0.15, 0.2) is 6.61 Å². The topological polar surface area (TPSA) is 103 Å². The first kappa shape index (κ1) is 21.7. The monoisotopic (exact) mass is 400 g/mol. The minimum Gasteiger partial charge on any atom is -0.493 e. The third kappa shape index (κ3) is 6.84. The number of para-hydroxylation sites is 1. The van der Waals surface area contributed by atoms with Gasteiger partial charge in [-0.2, -0.15) is 0 Å². The molecule has 2 aromatic rings. The van der Waals surface area contributed by atoms with E-state index in [0.29, 0.717) is 29.2 Å². The summed E-state index contributed by atoms with van der Waals surface area (Å²) in [5.74, 6) is -0.622. The molecule has 0 aliphatic carbocycles. The summed E-state index contributed by atoms with van der Waals surface area (Å²) in [5, 5.41) is 0. The summed E-state index contributed by atoms with van der Waals surface area (Å²) in [7, 11) is 0. The van der Waals surface area contributed by atoms with Gasteiger partial charge in [-0.05, 0) is 49.7 Å². The molecule has 2 N–H and O–H groups in total. The minimum atomic E-state index is -0.542. The number of hydrazine groups is 1. The Kier molecular flexibility index (Phi) is 8.50. The summed E-state index contributed by atoms with van der Waals surface area (Å²) in [5.41, 5.74) is 5.32. The third-order valence-corrected chi connectivity index (χ3v) is 3.64. The van der Waals surface area contributed by atoms with E-state index in [-0.39, 0.29) is 13.2 Å². The average Bonchev–Trinajstić information content (AvgIpc) is 2.75. The third-order valence-electron chi connectivity index (χ3n) is 3.64. The lowest BCUT2D eigenvalue weighted by Gasteiger charge is -2.12. The van der Waals surface area contributed by atoms with Crippen molar-refractivity contribution in [3.05, 3.63) is 59.7 Å². The quantitative estimate of drug-likeness (QED) is 0.495. The molecule has 0 aromatic heterocycles. The fraction of sp³-hybridized carbons (Fsp3) is 0.286. The summed E-state index contributed by atoms with van der Waals surface area (Å²) in [6, 6.07) is 13.0. The Labute approximate surface area is 169 Å². The highest BCUT2D eigenvalue weighted by atomic mass is 16.5. The number of carbonyl (C=O) groups excluding carboxylic acids is 3. The second-order valence-electron chi connectivity index (χ2n) is 5.88. The van der Waals surface area contributed by atoms with E-state index in [2.05, 4.69) is 10.9 Å². The normalized spacial score (nSPS) is 10.0. The molecule has 0 aliphatic rings. The largest absolute Gasteiger partial charge is 0.493 e. The van der Waals surface area contributed by atoms with Crippen LogP contribution in [0.1, 0.15) is 41.0 Å². The van der Waals surface area contributed by atoms with Gasteiger partial charge in [-0.1, -0.05) is 19.1 Å². The Bertz CT molecular complexity index is 835. The minimum absolute atomic E-state index is 0.290. The van der Waals surface area contributed by atoms with E-state index in [4.69, 9.17) is 14.2 Å². The molecule has 2 amide bonds. The Morgan fingerprint density at radius 2 is 1.62 bits per heavy atom. The fourth-order valence-corrected chi connectivity index (χ4v) is 2.27. The lowest BCUT2D eigenvalue weighted by atomic mass is 10.2. The number of ether oxygens (including phenoxy) is 3. The van der Waals surface area contributed by atoms with Crippen LogP contribution in [0.2, 0.25) is 0 Å². The first-order valence-corrected chi connectivity index (χ1v) is 9.26. The van der Waals surface area contributed by atoms with Gasteiger partial charge in [-0.3, -0.25) is 20.4 Å². The van der Waals surface area contributed by atoms with Crippen molar-refractivity contribution in [1.82, 2.24) is 10.9 Å². The van der Waals surface area contributed by atoms with Crippen molar-refractivity contribution in [3.63, 3.8) is 0 Å². The predicted octanol–water partition coefficient (Wildman–Crippen LogP) is 2.49. The lowest BCUT2D eigenvalue weighted by molar-refractivity contribution is -0.123. The maximum Gasteiger partial charge on any atom is 0.338 e. The zero-order valence-electron chi connectivity index (χ0n) is 16.4. The summed E-state index contributed by atoms with van der Waals surface area (Å²) >= 11 is 0. The van der Waals surface area contributed by atoms with Gasteiger partial charge < -0.3 is 14.2 Å². The molecule has 0 saturated heterocycles. The summed E-state index contributed by atoms with van der Waals surface area (Å²) in [6.07, 6.45) is 0.810. The molecule has 2 rings (SSSR count). The number of rotatable bonds is 9. The summed E-state index contributed by atoms with van der Waals surface area (Å²) < 4.78 is 15.8. The van der Waals surface area contributed by atoms with Crippen LogP contribution < -0.4 is 20.3 Å². The van der Waals surface area contributed by atoms with Gasteiger partial charge in [0.1, 0.15) is 11.5 Å². The molecule has 0 unspecified atom stereocenters. The van der Waals surface area contributed by atoms with E-state index >= 15 is 0 Å². The van der Waals surface area contributed by atoms with Crippen LogP contribution in [0.5, 0.6) is 11.5 Å². The van der Waals surface area contributed by atoms with Crippen LogP contribution in [0.25, 0.3) is 0 Å². The Morgan fingerprint density at radius 3 is 2.31 bits per heavy atom. The molecular weight excluding hydrogens is 376 g/mol. The average molecular weight is 400 g/mol. The van der Waals surface area contributed by atoms with Crippen molar-refractivity contribution < 1.29 is 28.6 Å². The van der Waals surface area contributed by atoms with Crippen molar-refractivity contribution >= 4 is 17.8 Å². The van der Waals surface area contributed by atoms with Crippen LogP contribution in [0.4, 0.5) is 0 Å². The van der Waals surface area contributed by atoms with Crippen LogP contribution in [-0.2, 0) is 9.53 Å². The van der Waals surface area contributed by atoms with E-state index < -0.39 is 17.8 Å². The summed E-state index contributed by atoms with van der Waals surface area (Å²) in [6.45, 7) is 4.15. The van der Waals surface area contributed by atoms with E-state index in [1.807, 2.05) is 6.92 Å². The van der Waals surface area contributed by atoms with E-state index in [1.54, 1.807) is 55.5 Å². The van der Waals surface area contributed by atoms with E-state index in [1.165, 1.54) is 0 Å². The number of hydrogen-bond acceptors (Lipinski definition) is 6. The number of carbonyl (C=O) groups is 3. The second kappa shape index (κ2) is 11.3. The molecule has 0 aliphatic heterocycles. The zero-order chi connectivity index (χ0) is 21.1. The lowest BCUT2D eigenvalue weighted by Crippen LogP contribution is -2.43. The molecule has 8 nitrogen and oxygen atoms in total. The van der Waals surface area contributed by atoms with Crippen LogP contribution in [0, 0.1) is 0 Å². The number of esters is 1. The number of amides is 2. The van der Waals surface area contributed by atoms with Crippen molar-refractivity contribution in [2.75, 3.05) is 19.8 Å². The van der Waals surface area contributed by atoms with Gasteiger partial charge in [0.25, 0.3) is 11.8 Å². The number of benzene rings is 2. The molecule has 0 fully saturated rings. The number of hydrogen-bond donors (Lipinski definition) is 2. The Hall–Kier alpha value is -3.55. The van der Waals surface area contributed by atoms with E-state index in [0.717, 1.165) is 6.42 Å². The highest BCUT2D eigenvalue weighted by Crippen LogP contribution is 2.17. The van der Waals surface area contributed by atoms with Crippen molar-refractivity contribution in [1.29, 1.82) is 0 Å². The maximum absolute atomic E-state index is 12.3. The van der Waals surface area contributed by atoms with Gasteiger partial charge in [0, 0.05) is 0 Å². The Morgan fingerprint density at radius 1 is 0.897 bits per heavy atom. The van der Waals surface area contributed by atoms with Gasteiger partial charge in [0.05, 0.1) is 24.3 Å². The maximum atomic E-state index is 12.3. The van der Waals surface area contributed by atoms with Crippen molar-refractivity contribution in [2.24, 2.45) is 0 Å². The molecule has 8 heteroatoms. The molecule has 0 spiro atoms. The standard InChI is InChI=1S/C21H24N2O6/c1-3-13-28-18-8-6-5-7-17(18)20(25)23-22-19(24)14-29-16-11-9-15(10-12-16)21(26)27-4-2/h5-12H,3-4,13-14H2,1-2H3,(H,22,24)(H,23,25). The Balaban J connectivity index is 1.81. The number of nitrogens with one attached hydrogen (secondary N) is 2. The molecule has 2 aromatic carbocycles. The molecule has 0 radical (unpaired) electrons. The fourth-order valence-electron chi connectivity index (χ4n) is 2.27. The van der Waals surface area contributed by atoms with E-state index in [9.17, 15) is 14.4 Å². The SMILES string of the molecule is CCCOc1ccccc1C(=O)NNC(=O)COc1ccc(C(=O)OCC)cc1. The van der Waals surface area contributed by atoms with Gasteiger partial charge in [-0.15, -0.1) is 0 Å². The van der Waals surface area contributed by atoms with Gasteiger partial charge >= 0.3 is 5.97 Å². The molecule has 154 valence electrons. The molecule has 0 bridgehead atoms. The van der Waals surface area contributed by atoms with Crippen LogP contribution in [0.3, 0.4) is 0 Å². The second-order valence-corrected chi connectivity index (χ2v) is 5.88. The first-order chi connectivity index (χ1) is 14.0. The smallest absolute Gasteiger partial charge is 0.338 e. The zero-order valence-corrected chi connectivity index (χ0v) is 16.4. The van der Waals surface area contributed by atoms with Crippen LogP contribution in [-0.4, -0.2) is 37.6 Å². The van der Waals surface area contributed by atoms with Crippen molar-refractivity contribution in [3.8, 4) is 11.5 Å². The van der Waals surface area contributed by atoms with Crippen molar-refractivity contribution in [2.45, 2.75) is 20.3 Å². The first-order valence-electron chi connectivity index (χ1n) is 9.26. The molecule has 0 heterocycles. The van der Waals surface area contributed by atoms with Gasteiger partial charge in [-0.25, -0.2) is 4.79 Å². The molecule has 0 saturated carbocycles.